The van der Waals surface area contributed by atoms with Crippen LogP contribution in [0, 0.1) is 0 Å². The van der Waals surface area contributed by atoms with Crippen LogP contribution < -0.4 is 10.6 Å². The van der Waals surface area contributed by atoms with E-state index in [9.17, 15) is 9.36 Å². The summed E-state index contributed by atoms with van der Waals surface area (Å²) in [7, 11) is -0.648. The number of benzene rings is 2. The molecular formula is C21H28NO2P. The van der Waals surface area contributed by atoms with Gasteiger partial charge in [0.1, 0.15) is 5.78 Å². The van der Waals surface area contributed by atoms with E-state index in [-0.39, 0.29) is 5.78 Å². The predicted molar refractivity (Wildman–Crippen MR) is 106 cm³/mol. The van der Waals surface area contributed by atoms with Crippen molar-refractivity contribution in [3.63, 3.8) is 0 Å². The maximum Gasteiger partial charge on any atom is 0.156 e. The highest BCUT2D eigenvalue weighted by molar-refractivity contribution is 7.78. The first-order valence-electron chi connectivity index (χ1n) is 8.90. The standard InChI is InChI=1S/C21H28NO2P/c1-19(23)12-6-5-11-17-22(2)18-25(24,20-13-7-3-8-14-20)21-15-9-4-10-16-21/h3-4,7-10,13-16H,5-6,11-12,17-18H2,1-2H3. The highest BCUT2D eigenvalue weighted by Gasteiger charge is 2.28. The van der Waals surface area contributed by atoms with Crippen LogP contribution in [0.2, 0.25) is 0 Å². The van der Waals surface area contributed by atoms with Gasteiger partial charge in [-0.2, -0.15) is 0 Å². The highest BCUT2D eigenvalue weighted by atomic mass is 31.2. The molecule has 134 valence electrons. The molecule has 25 heavy (non-hydrogen) atoms. The van der Waals surface area contributed by atoms with Gasteiger partial charge in [-0.15, -0.1) is 0 Å². The van der Waals surface area contributed by atoms with Crippen LogP contribution in [0.15, 0.2) is 60.7 Å². The maximum atomic E-state index is 13.9. The van der Waals surface area contributed by atoms with Crippen LogP contribution in [-0.2, 0) is 9.36 Å². The lowest BCUT2D eigenvalue weighted by atomic mass is 10.1. The molecule has 0 atom stereocenters. The summed E-state index contributed by atoms with van der Waals surface area (Å²) in [6.45, 7) is 2.53. The van der Waals surface area contributed by atoms with E-state index in [0.29, 0.717) is 12.7 Å². The summed E-state index contributed by atoms with van der Waals surface area (Å²) in [4.78, 5) is 13.2. The summed E-state index contributed by atoms with van der Waals surface area (Å²) in [5.41, 5.74) is 0. The van der Waals surface area contributed by atoms with Crippen molar-refractivity contribution in [3.8, 4) is 0 Å². The number of rotatable bonds is 10. The molecule has 0 bridgehead atoms. The van der Waals surface area contributed by atoms with Crippen molar-refractivity contribution >= 4 is 23.5 Å². The molecule has 0 aliphatic rings. The van der Waals surface area contributed by atoms with E-state index in [0.717, 1.165) is 36.4 Å². The first-order chi connectivity index (χ1) is 12.0. The summed E-state index contributed by atoms with van der Waals surface area (Å²) in [5.74, 6) is 0.256. The molecule has 0 saturated carbocycles. The Bertz CT molecular complexity index is 657. The SMILES string of the molecule is CC(=O)CCCCCN(C)CP(=O)(c1ccccc1)c1ccccc1. The monoisotopic (exact) mass is 357 g/mol. The Morgan fingerprint density at radius 1 is 0.880 bits per heavy atom. The minimum absolute atomic E-state index is 0.256. The Morgan fingerprint density at radius 2 is 1.40 bits per heavy atom. The highest BCUT2D eigenvalue weighted by Crippen LogP contribution is 2.43. The van der Waals surface area contributed by atoms with E-state index < -0.39 is 7.14 Å². The maximum absolute atomic E-state index is 13.9. The van der Waals surface area contributed by atoms with Crippen LogP contribution in [0.1, 0.15) is 32.6 Å². The second kappa shape index (κ2) is 9.70. The van der Waals surface area contributed by atoms with Gasteiger partial charge in [-0.3, -0.25) is 4.90 Å². The lowest BCUT2D eigenvalue weighted by Crippen LogP contribution is -2.29. The van der Waals surface area contributed by atoms with E-state index in [1.54, 1.807) is 6.92 Å². The molecule has 0 N–H and O–H groups in total. The molecule has 2 aromatic rings. The molecule has 2 aromatic carbocycles. The Labute approximate surface area is 151 Å². The number of hydrogen-bond acceptors (Lipinski definition) is 3. The number of nitrogens with zero attached hydrogens (tertiary/aromatic N) is 1. The minimum atomic E-state index is -2.68. The van der Waals surface area contributed by atoms with Crippen LogP contribution in [0.25, 0.3) is 0 Å². The van der Waals surface area contributed by atoms with E-state index in [2.05, 4.69) is 4.90 Å². The molecular weight excluding hydrogens is 329 g/mol. The Hall–Kier alpha value is -1.70. The molecule has 2 rings (SSSR count). The van der Waals surface area contributed by atoms with Crippen molar-refractivity contribution in [1.82, 2.24) is 4.90 Å². The second-order valence-electron chi connectivity index (χ2n) is 6.64. The topological polar surface area (TPSA) is 37.4 Å². The zero-order valence-electron chi connectivity index (χ0n) is 15.2. The number of hydrogen-bond donors (Lipinski definition) is 0. The van der Waals surface area contributed by atoms with Crippen LogP contribution in [0.3, 0.4) is 0 Å². The normalized spacial score (nSPS) is 11.6. The second-order valence-corrected chi connectivity index (χ2v) is 9.44. The van der Waals surface area contributed by atoms with E-state index >= 15 is 0 Å². The molecule has 0 aliphatic carbocycles. The summed E-state index contributed by atoms with van der Waals surface area (Å²) in [5, 5.41) is 1.81. The molecule has 0 unspecified atom stereocenters. The Balaban J connectivity index is 2.05. The Kier molecular flexibility index (Phi) is 7.61. The van der Waals surface area contributed by atoms with Crippen LogP contribution in [-0.4, -0.2) is 30.6 Å². The fourth-order valence-electron chi connectivity index (χ4n) is 2.99. The number of unbranched alkanes of at least 4 members (excludes halogenated alkanes) is 2. The zero-order chi connectivity index (χ0) is 18.1. The lowest BCUT2D eigenvalue weighted by molar-refractivity contribution is -0.117. The average Bonchev–Trinajstić information content (AvgIpc) is 2.62. The number of Topliss-reactive ketones (excluding diaryl/α,β-unsaturated/α-hetero) is 1. The number of carbonyl (C=O) groups excluding carboxylic acids is 1. The van der Waals surface area contributed by atoms with Crippen molar-refractivity contribution in [2.75, 3.05) is 19.9 Å². The van der Waals surface area contributed by atoms with Crippen molar-refractivity contribution in [2.24, 2.45) is 0 Å². The smallest absolute Gasteiger partial charge is 0.156 e. The van der Waals surface area contributed by atoms with E-state index in [4.69, 9.17) is 0 Å². The van der Waals surface area contributed by atoms with E-state index in [1.807, 2.05) is 67.7 Å². The minimum Gasteiger partial charge on any atom is -0.312 e. The molecule has 0 heterocycles. The third-order valence-electron chi connectivity index (χ3n) is 4.36. The Morgan fingerprint density at radius 3 is 1.88 bits per heavy atom. The van der Waals surface area contributed by atoms with Crippen molar-refractivity contribution in [3.05, 3.63) is 60.7 Å². The fraction of sp³-hybridized carbons (Fsp3) is 0.381. The van der Waals surface area contributed by atoms with Gasteiger partial charge in [-0.1, -0.05) is 67.1 Å². The molecule has 0 aliphatic heterocycles. The van der Waals surface area contributed by atoms with Gasteiger partial charge in [-0.05, 0) is 33.4 Å². The van der Waals surface area contributed by atoms with Gasteiger partial charge in [0.25, 0.3) is 0 Å². The van der Waals surface area contributed by atoms with Crippen molar-refractivity contribution in [1.29, 1.82) is 0 Å². The first kappa shape index (κ1) is 19.6. The van der Waals surface area contributed by atoms with Gasteiger partial charge < -0.3 is 9.36 Å². The van der Waals surface area contributed by atoms with Gasteiger partial charge in [0.2, 0.25) is 0 Å². The third-order valence-corrected chi connectivity index (χ3v) is 7.50. The first-order valence-corrected chi connectivity index (χ1v) is 10.8. The largest absolute Gasteiger partial charge is 0.312 e. The van der Waals surface area contributed by atoms with Crippen LogP contribution >= 0.6 is 7.14 Å². The van der Waals surface area contributed by atoms with Gasteiger partial charge in [0.15, 0.2) is 7.14 Å². The van der Waals surface area contributed by atoms with Gasteiger partial charge in [0, 0.05) is 17.0 Å². The third kappa shape index (κ3) is 5.95. The molecule has 0 amide bonds. The van der Waals surface area contributed by atoms with E-state index in [1.165, 1.54) is 0 Å². The number of ketones is 1. The molecule has 0 radical (unpaired) electrons. The molecule has 3 nitrogen and oxygen atoms in total. The van der Waals surface area contributed by atoms with Gasteiger partial charge >= 0.3 is 0 Å². The quantitative estimate of drug-likeness (QED) is 0.476. The molecule has 0 aromatic heterocycles. The van der Waals surface area contributed by atoms with Crippen molar-refractivity contribution in [2.45, 2.75) is 32.6 Å². The van der Waals surface area contributed by atoms with Gasteiger partial charge in [-0.25, -0.2) is 0 Å². The average molecular weight is 357 g/mol. The fourth-order valence-corrected chi connectivity index (χ4v) is 5.75. The molecule has 0 fully saturated rings. The molecule has 4 heteroatoms. The lowest BCUT2D eigenvalue weighted by Gasteiger charge is -2.25. The molecule has 0 spiro atoms. The van der Waals surface area contributed by atoms with Gasteiger partial charge in [0.05, 0.1) is 6.29 Å². The summed E-state index contributed by atoms with van der Waals surface area (Å²) in [6.07, 6.45) is 4.19. The summed E-state index contributed by atoms with van der Waals surface area (Å²) < 4.78 is 13.9. The van der Waals surface area contributed by atoms with Crippen LogP contribution in [0.4, 0.5) is 0 Å². The van der Waals surface area contributed by atoms with Crippen molar-refractivity contribution < 1.29 is 9.36 Å². The van der Waals surface area contributed by atoms with Crippen LogP contribution in [0.5, 0.6) is 0 Å². The predicted octanol–water partition coefficient (Wildman–Crippen LogP) is 4.04. The molecule has 0 saturated heterocycles. The number of carbonyl (C=O) groups is 1. The zero-order valence-corrected chi connectivity index (χ0v) is 16.1. The summed E-state index contributed by atoms with van der Waals surface area (Å²) in [6, 6.07) is 19.6. The summed E-state index contributed by atoms with van der Waals surface area (Å²) >= 11 is 0.